The number of carbonyl (C=O) groups is 1. The second kappa shape index (κ2) is 4.99. The highest BCUT2D eigenvalue weighted by atomic mass is 16.4. The van der Waals surface area contributed by atoms with Gasteiger partial charge in [-0.3, -0.25) is 4.79 Å². The summed E-state index contributed by atoms with van der Waals surface area (Å²) in [4.78, 5) is 11.1. The van der Waals surface area contributed by atoms with Crippen molar-refractivity contribution in [3.05, 3.63) is 60.2 Å². The van der Waals surface area contributed by atoms with E-state index >= 15 is 0 Å². The highest BCUT2D eigenvalue weighted by Crippen LogP contribution is 2.36. The second-order valence-corrected chi connectivity index (χ2v) is 5.81. The Balaban J connectivity index is 1.85. The van der Waals surface area contributed by atoms with Crippen LogP contribution in [0.1, 0.15) is 18.4 Å². The van der Waals surface area contributed by atoms with Crippen LogP contribution in [0.2, 0.25) is 0 Å². The molecule has 0 saturated heterocycles. The van der Waals surface area contributed by atoms with Crippen molar-refractivity contribution in [1.29, 1.82) is 1.43 Å². The van der Waals surface area contributed by atoms with Crippen LogP contribution in [-0.4, -0.2) is 11.1 Å². The van der Waals surface area contributed by atoms with Gasteiger partial charge in [-0.25, -0.2) is 0 Å². The van der Waals surface area contributed by atoms with Gasteiger partial charge in [-0.05, 0) is 50.7 Å². The van der Waals surface area contributed by atoms with Crippen molar-refractivity contribution in [3.63, 3.8) is 0 Å². The average molecular weight is 289 g/mol. The zero-order valence-corrected chi connectivity index (χ0v) is 12.1. The van der Waals surface area contributed by atoms with Gasteiger partial charge in [-0.15, -0.1) is 0 Å². The van der Waals surface area contributed by atoms with E-state index in [2.05, 4.69) is 59.7 Å². The van der Waals surface area contributed by atoms with E-state index in [0.29, 0.717) is 6.42 Å². The normalized spacial score (nSPS) is 12.1. The monoisotopic (exact) mass is 289 g/mol. The third kappa shape index (κ3) is 2.00. The molecule has 2 nitrogen and oxygen atoms in total. The summed E-state index contributed by atoms with van der Waals surface area (Å²) in [6.45, 7) is 0. The lowest BCUT2D eigenvalue weighted by atomic mass is 9.90. The third-order valence-electron chi connectivity index (χ3n) is 4.45. The van der Waals surface area contributed by atoms with E-state index in [1.165, 1.54) is 37.9 Å². The van der Waals surface area contributed by atoms with Crippen molar-refractivity contribution in [2.45, 2.75) is 19.3 Å². The van der Waals surface area contributed by atoms with Gasteiger partial charge in [0.05, 0.1) is 0 Å². The van der Waals surface area contributed by atoms with Crippen LogP contribution in [0.3, 0.4) is 0 Å². The van der Waals surface area contributed by atoms with Crippen molar-refractivity contribution >= 4 is 38.3 Å². The zero-order chi connectivity index (χ0) is 15.8. The van der Waals surface area contributed by atoms with E-state index < -0.39 is 5.97 Å². The minimum Gasteiger partial charge on any atom is -0.481 e. The average Bonchev–Trinajstić information content (AvgIpc) is 2.60. The molecule has 0 spiro atoms. The maximum absolute atomic E-state index is 11.1. The first-order chi connectivity index (χ1) is 11.3. The van der Waals surface area contributed by atoms with Crippen molar-refractivity contribution in [2.24, 2.45) is 0 Å². The molecule has 0 saturated carbocycles. The molecule has 22 heavy (non-hydrogen) atoms. The maximum atomic E-state index is 11.1. The summed E-state index contributed by atoms with van der Waals surface area (Å²) in [5, 5.41) is 11.6. The number of hydrogen-bond acceptors (Lipinski definition) is 2. The molecule has 0 aliphatic carbocycles. The van der Waals surface area contributed by atoms with E-state index in [9.17, 15) is 4.79 Å². The summed E-state index contributed by atoms with van der Waals surface area (Å²) in [5.41, 5.74) is 1.24. The Morgan fingerprint density at radius 1 is 0.909 bits per heavy atom. The fraction of sp³-hybridized carbons (Fsp3) is 0.150. The molecule has 0 amide bonds. The van der Waals surface area contributed by atoms with Gasteiger partial charge in [0.2, 0.25) is 0 Å². The van der Waals surface area contributed by atoms with Crippen LogP contribution in [0, 0.1) is 0 Å². The van der Waals surface area contributed by atoms with Crippen molar-refractivity contribution < 1.29 is 9.90 Å². The summed E-state index contributed by atoms with van der Waals surface area (Å²) in [5.74, 6) is -0.470. The topological polar surface area (TPSA) is 37.3 Å². The Morgan fingerprint density at radius 2 is 1.59 bits per heavy atom. The van der Waals surface area contributed by atoms with Crippen LogP contribution in [-0.2, 0) is 11.2 Å². The van der Waals surface area contributed by atoms with Gasteiger partial charge in [0.1, 0.15) is 0 Å². The van der Waals surface area contributed by atoms with Crippen LogP contribution in [0.15, 0.2) is 54.6 Å². The van der Waals surface area contributed by atoms with Gasteiger partial charge in [0, 0.05) is 6.42 Å². The molecule has 0 aliphatic heterocycles. The summed E-state index contributed by atoms with van der Waals surface area (Å²) in [7, 11) is 0. The van der Waals surface area contributed by atoms with Crippen molar-refractivity contribution in [3.8, 4) is 0 Å². The molecule has 1 N–H and O–H groups in total. The molecular weight excluding hydrogens is 272 g/mol. The molecule has 108 valence electrons. The minimum absolute atomic E-state index is 0.283. The molecule has 0 aliphatic rings. The fourth-order valence-corrected chi connectivity index (χ4v) is 3.44. The molecule has 0 fully saturated rings. The van der Waals surface area contributed by atoms with E-state index in [1.54, 1.807) is 0 Å². The number of rotatable bonds is 4. The van der Waals surface area contributed by atoms with Gasteiger partial charge >= 0.3 is 5.97 Å². The molecule has 0 atom stereocenters. The summed E-state index contributed by atoms with van der Waals surface area (Å²) in [6, 6.07) is 19.4. The van der Waals surface area contributed by atoms with Gasteiger partial charge < -0.3 is 5.11 Å². The lowest BCUT2D eigenvalue weighted by Crippen LogP contribution is -1.96. The summed E-state index contributed by atoms with van der Waals surface area (Å²) < 4.78 is 6.62. The standard InChI is InChI=1S/C20H16O2/c21-18(22)6-2-3-13-7-8-16-10-9-14-4-1-5-15-11-12-17(13)20(16)19(14)15/h1,4-5,7-12H,2-3,6H2,(H,21,22)/i/hD. The molecule has 0 radical (unpaired) electrons. The van der Waals surface area contributed by atoms with Gasteiger partial charge in [-0.2, -0.15) is 0 Å². The fourth-order valence-electron chi connectivity index (χ4n) is 3.44. The Bertz CT molecular complexity index is 991. The van der Waals surface area contributed by atoms with Crippen LogP contribution < -0.4 is 0 Å². The lowest BCUT2D eigenvalue weighted by molar-refractivity contribution is -0.137. The number of hydrogen-bond donors (Lipinski definition) is 1. The largest absolute Gasteiger partial charge is 0.481 e. The van der Waals surface area contributed by atoms with Crippen LogP contribution >= 0.6 is 0 Å². The Labute approximate surface area is 129 Å². The van der Waals surface area contributed by atoms with Crippen molar-refractivity contribution in [2.75, 3.05) is 0 Å². The molecular formula is C20H16O2. The molecule has 4 aromatic rings. The molecule has 0 aromatic heterocycles. The zero-order valence-electron chi connectivity index (χ0n) is 13.1. The smallest absolute Gasteiger partial charge is 0.303 e. The Kier molecular flexibility index (Phi) is 2.72. The van der Waals surface area contributed by atoms with E-state index in [0.717, 1.165) is 6.42 Å². The predicted molar refractivity (Wildman–Crippen MR) is 90.7 cm³/mol. The maximum Gasteiger partial charge on any atom is 0.303 e. The molecule has 0 bridgehead atoms. The van der Waals surface area contributed by atoms with E-state index in [-0.39, 0.29) is 6.42 Å². The van der Waals surface area contributed by atoms with Gasteiger partial charge in [-0.1, -0.05) is 54.6 Å². The second-order valence-electron chi connectivity index (χ2n) is 5.81. The highest BCUT2D eigenvalue weighted by Gasteiger charge is 2.10. The molecule has 4 aromatic carbocycles. The first-order valence-electron chi connectivity index (χ1n) is 8.00. The third-order valence-corrected chi connectivity index (χ3v) is 4.45. The van der Waals surface area contributed by atoms with E-state index in [1.807, 2.05) is 0 Å². The van der Waals surface area contributed by atoms with E-state index in [4.69, 9.17) is 1.43 Å². The number of benzene rings is 4. The van der Waals surface area contributed by atoms with Crippen LogP contribution in [0.5, 0.6) is 0 Å². The molecule has 0 heterocycles. The Hall–Kier alpha value is -2.61. The SMILES string of the molecule is [2H]OC(=O)CCCc1ccc2ccc3cccc4ccc1c2c34. The predicted octanol–water partition coefficient (Wildman–Crippen LogP) is 4.99. The quantitative estimate of drug-likeness (QED) is 0.537. The van der Waals surface area contributed by atoms with Crippen LogP contribution in [0.4, 0.5) is 0 Å². The molecule has 0 unspecified atom stereocenters. The number of aliphatic carboxylic acids is 1. The van der Waals surface area contributed by atoms with Crippen LogP contribution in [0.25, 0.3) is 33.7 Å². The first kappa shape index (κ1) is 12.0. The summed E-state index contributed by atoms with van der Waals surface area (Å²) in [6.07, 6.45) is 1.79. The molecule has 4 rings (SSSR count). The van der Waals surface area contributed by atoms with Crippen molar-refractivity contribution in [1.82, 2.24) is 0 Å². The van der Waals surface area contributed by atoms with Gasteiger partial charge in [0.15, 0.2) is 0 Å². The summed E-state index contributed by atoms with van der Waals surface area (Å²) >= 11 is 0. The highest BCUT2D eigenvalue weighted by molar-refractivity contribution is 6.23. The first-order valence-corrected chi connectivity index (χ1v) is 7.59. The number of carboxylic acid groups (broad SMARTS) is 1. The lowest BCUT2D eigenvalue weighted by Gasteiger charge is -2.13. The number of carboxylic acids is 1. The number of aryl methyl sites for hydroxylation is 1. The Morgan fingerprint density at radius 3 is 2.36 bits per heavy atom. The molecule has 2 heteroatoms. The minimum atomic E-state index is -0.470. The van der Waals surface area contributed by atoms with Gasteiger partial charge in [0.25, 0.3) is 1.43 Å².